The summed E-state index contributed by atoms with van der Waals surface area (Å²) in [5.41, 5.74) is 0. The van der Waals surface area contributed by atoms with Crippen molar-refractivity contribution in [1.29, 1.82) is 0 Å². The minimum Gasteiger partial charge on any atom is -0.462 e. The predicted molar refractivity (Wildman–Crippen MR) is 288 cm³/mol. The van der Waals surface area contributed by atoms with Gasteiger partial charge >= 0.3 is 11.9 Å². The van der Waals surface area contributed by atoms with Gasteiger partial charge in [0.1, 0.15) is 6.61 Å². The summed E-state index contributed by atoms with van der Waals surface area (Å²) < 4.78 is 17.4. The molecule has 0 N–H and O–H groups in total. The van der Waals surface area contributed by atoms with E-state index in [4.69, 9.17) is 14.2 Å². The van der Waals surface area contributed by atoms with Gasteiger partial charge in [0.15, 0.2) is 6.10 Å². The van der Waals surface area contributed by atoms with Crippen molar-refractivity contribution in [3.63, 3.8) is 0 Å². The van der Waals surface area contributed by atoms with Crippen LogP contribution in [0.25, 0.3) is 0 Å². The maximum Gasteiger partial charge on any atom is 0.306 e. The molecule has 0 aliphatic rings. The first-order chi connectivity index (χ1) is 32.6. The van der Waals surface area contributed by atoms with E-state index in [0.717, 1.165) is 103 Å². The number of carbonyl (C=O) groups excluding carboxylic acids is 2. The summed E-state index contributed by atoms with van der Waals surface area (Å²) in [5.74, 6) is -0.433. The Morgan fingerprint density at radius 3 is 1.14 bits per heavy atom. The maximum absolute atomic E-state index is 12.8. The predicted octanol–water partition coefficient (Wildman–Crippen LogP) is 19.2. The second-order valence-electron chi connectivity index (χ2n) is 18.4. The molecular weight excluding hydrogens is 813 g/mol. The lowest BCUT2D eigenvalue weighted by atomic mass is 10.1. The molecular formula is C61H106O5. The lowest BCUT2D eigenvalue weighted by Crippen LogP contribution is -2.30. The zero-order valence-corrected chi connectivity index (χ0v) is 43.7. The van der Waals surface area contributed by atoms with Crippen LogP contribution in [-0.2, 0) is 23.8 Å². The molecule has 0 saturated carbocycles. The van der Waals surface area contributed by atoms with E-state index in [9.17, 15) is 9.59 Å². The fourth-order valence-electron chi connectivity index (χ4n) is 7.70. The fraction of sp³-hybridized carbons (Fsp3) is 0.738. The maximum atomic E-state index is 12.8. The lowest BCUT2D eigenvalue weighted by molar-refractivity contribution is -0.163. The summed E-state index contributed by atoms with van der Waals surface area (Å²) in [7, 11) is 0. The number of unbranched alkanes of at least 4 members (excludes halogenated alkanes) is 26. The zero-order valence-electron chi connectivity index (χ0n) is 43.7. The molecule has 0 heterocycles. The zero-order chi connectivity index (χ0) is 47.7. The molecule has 5 heteroatoms. The normalized spacial score (nSPS) is 12.8. The van der Waals surface area contributed by atoms with E-state index in [1.807, 2.05) is 0 Å². The van der Waals surface area contributed by atoms with Gasteiger partial charge in [0.25, 0.3) is 0 Å². The van der Waals surface area contributed by atoms with Crippen molar-refractivity contribution in [2.75, 3.05) is 19.8 Å². The molecule has 66 heavy (non-hydrogen) atoms. The molecule has 5 nitrogen and oxygen atoms in total. The van der Waals surface area contributed by atoms with Gasteiger partial charge in [-0.05, 0) is 116 Å². The highest BCUT2D eigenvalue weighted by atomic mass is 16.6. The molecule has 0 aromatic heterocycles. The van der Waals surface area contributed by atoms with Crippen molar-refractivity contribution in [1.82, 2.24) is 0 Å². The summed E-state index contributed by atoms with van der Waals surface area (Å²) in [6, 6.07) is 0. The molecule has 0 amide bonds. The molecule has 0 spiro atoms. The van der Waals surface area contributed by atoms with Crippen molar-refractivity contribution < 1.29 is 23.8 Å². The van der Waals surface area contributed by atoms with Gasteiger partial charge < -0.3 is 14.2 Å². The summed E-state index contributed by atoms with van der Waals surface area (Å²) in [6.07, 6.45) is 74.5. The largest absolute Gasteiger partial charge is 0.462 e. The van der Waals surface area contributed by atoms with Crippen LogP contribution in [0.3, 0.4) is 0 Å². The van der Waals surface area contributed by atoms with Gasteiger partial charge in [-0.15, -0.1) is 0 Å². The molecule has 0 aromatic rings. The van der Waals surface area contributed by atoms with Gasteiger partial charge in [0.2, 0.25) is 0 Å². The van der Waals surface area contributed by atoms with Crippen molar-refractivity contribution >= 4 is 11.9 Å². The topological polar surface area (TPSA) is 61.8 Å². The van der Waals surface area contributed by atoms with Crippen LogP contribution in [0, 0.1) is 0 Å². The molecule has 0 bridgehead atoms. The van der Waals surface area contributed by atoms with Crippen LogP contribution in [0.15, 0.2) is 85.1 Å². The van der Waals surface area contributed by atoms with Crippen LogP contribution < -0.4 is 0 Å². The van der Waals surface area contributed by atoms with Crippen LogP contribution >= 0.6 is 0 Å². The Hall–Kier alpha value is -2.92. The number of carbonyl (C=O) groups is 2. The number of rotatable bonds is 51. The van der Waals surface area contributed by atoms with Crippen molar-refractivity contribution in [2.45, 2.75) is 271 Å². The van der Waals surface area contributed by atoms with Crippen molar-refractivity contribution in [3.8, 4) is 0 Å². The SMILES string of the molecule is CC/C=C\C/C=C\C/C=C\C/C=C\CCCCCCC(=O)OCC(COCCCCCCCCCCCC/C=C\C/C=C\CCCCC)OC(=O)CCCCCCC/C=C\CCCCCC. The summed E-state index contributed by atoms with van der Waals surface area (Å²) >= 11 is 0. The van der Waals surface area contributed by atoms with E-state index in [1.165, 1.54) is 128 Å². The van der Waals surface area contributed by atoms with Gasteiger partial charge in [-0.1, -0.05) is 221 Å². The molecule has 1 atom stereocenters. The molecule has 380 valence electrons. The van der Waals surface area contributed by atoms with Crippen LogP contribution in [0.1, 0.15) is 265 Å². The minimum atomic E-state index is -0.556. The first-order valence-corrected chi connectivity index (χ1v) is 28.1. The Bertz CT molecular complexity index is 1220. The standard InChI is InChI=1S/C61H106O5/c1-4-7-10-13-16-19-22-25-27-29-30-31-33-35-38-41-44-47-50-53-56-64-57-59(66-61(63)55-52-49-46-43-40-36-24-21-18-15-12-9-6-3)58-65-60(62)54-51-48-45-42-39-37-34-32-28-26-23-20-17-14-11-8-5-2/h8,11,16-17,19-21,24-28,34,37,59H,4-7,9-10,12-15,18,22-23,29-33,35-36,38-58H2,1-3H3/b11-8-,19-16-,20-17-,24-21-,27-25-,28-26-,37-34-. The van der Waals surface area contributed by atoms with Gasteiger partial charge in [0, 0.05) is 19.4 Å². The van der Waals surface area contributed by atoms with Gasteiger partial charge in [-0.2, -0.15) is 0 Å². The molecule has 1 unspecified atom stereocenters. The van der Waals surface area contributed by atoms with Gasteiger partial charge in [-0.3, -0.25) is 9.59 Å². The van der Waals surface area contributed by atoms with E-state index in [0.29, 0.717) is 19.4 Å². The average molecular weight is 920 g/mol. The smallest absolute Gasteiger partial charge is 0.306 e. The Morgan fingerprint density at radius 2 is 0.682 bits per heavy atom. The van der Waals surface area contributed by atoms with Crippen LogP contribution in [0.5, 0.6) is 0 Å². The highest BCUT2D eigenvalue weighted by Gasteiger charge is 2.17. The third-order valence-electron chi connectivity index (χ3n) is 11.9. The van der Waals surface area contributed by atoms with Crippen LogP contribution in [0.4, 0.5) is 0 Å². The first-order valence-electron chi connectivity index (χ1n) is 28.1. The second-order valence-corrected chi connectivity index (χ2v) is 18.4. The van der Waals surface area contributed by atoms with E-state index >= 15 is 0 Å². The minimum absolute atomic E-state index is 0.0656. The lowest BCUT2D eigenvalue weighted by Gasteiger charge is -2.18. The molecule has 0 aliphatic carbocycles. The monoisotopic (exact) mass is 919 g/mol. The quantitative estimate of drug-likeness (QED) is 0.0346. The van der Waals surface area contributed by atoms with Crippen LogP contribution in [0.2, 0.25) is 0 Å². The number of allylic oxidation sites excluding steroid dienone is 14. The third kappa shape index (κ3) is 53.7. The van der Waals surface area contributed by atoms with E-state index < -0.39 is 6.10 Å². The van der Waals surface area contributed by atoms with Gasteiger partial charge in [0.05, 0.1) is 6.61 Å². The molecule has 0 aromatic carbocycles. The highest BCUT2D eigenvalue weighted by molar-refractivity contribution is 5.70. The average Bonchev–Trinajstić information content (AvgIpc) is 3.32. The molecule has 0 aliphatic heterocycles. The van der Waals surface area contributed by atoms with Gasteiger partial charge in [-0.25, -0.2) is 0 Å². The number of esters is 2. The molecule has 0 radical (unpaired) electrons. The number of hydrogen-bond donors (Lipinski definition) is 0. The Balaban J connectivity index is 4.30. The third-order valence-corrected chi connectivity index (χ3v) is 11.9. The summed E-state index contributed by atoms with van der Waals surface area (Å²) in [4.78, 5) is 25.5. The molecule has 0 fully saturated rings. The van der Waals surface area contributed by atoms with Crippen molar-refractivity contribution in [2.24, 2.45) is 0 Å². The molecule has 0 rings (SSSR count). The second kappa shape index (κ2) is 56.4. The first kappa shape index (κ1) is 63.1. The molecule has 0 saturated heterocycles. The summed E-state index contributed by atoms with van der Waals surface area (Å²) in [5, 5.41) is 0. The van der Waals surface area contributed by atoms with Crippen molar-refractivity contribution in [3.05, 3.63) is 85.1 Å². The highest BCUT2D eigenvalue weighted by Crippen LogP contribution is 2.14. The number of hydrogen-bond acceptors (Lipinski definition) is 5. The Labute approximate surface area is 409 Å². The van der Waals surface area contributed by atoms with E-state index in [1.54, 1.807) is 0 Å². The van der Waals surface area contributed by atoms with Crippen LogP contribution in [-0.4, -0.2) is 37.9 Å². The van der Waals surface area contributed by atoms with E-state index in [-0.39, 0.29) is 25.2 Å². The summed E-state index contributed by atoms with van der Waals surface area (Å²) in [6.45, 7) is 7.65. The van der Waals surface area contributed by atoms with E-state index in [2.05, 4.69) is 106 Å². The Morgan fingerprint density at radius 1 is 0.348 bits per heavy atom. The Kier molecular flexibility index (Phi) is 53.9. The fourth-order valence-corrected chi connectivity index (χ4v) is 7.70. The number of ether oxygens (including phenoxy) is 3.